The average molecular weight is 412 g/mol. The quantitative estimate of drug-likeness (QED) is 0.721. The molecule has 1 fully saturated rings. The van der Waals surface area contributed by atoms with Gasteiger partial charge in [-0.1, -0.05) is 0 Å². The zero-order valence-corrected chi connectivity index (χ0v) is 17.4. The Hall–Kier alpha value is -1.67. The number of nitrogens with zero attached hydrogens (tertiary/aromatic N) is 1. The lowest BCUT2D eigenvalue weighted by atomic mass is 9.86. The molecule has 1 saturated carbocycles. The molecule has 0 unspecified atom stereocenters. The number of sulfonamides is 1. The fourth-order valence-electron chi connectivity index (χ4n) is 3.96. The Morgan fingerprint density at radius 1 is 1.25 bits per heavy atom. The van der Waals surface area contributed by atoms with E-state index in [0.717, 1.165) is 49.9 Å². The van der Waals surface area contributed by atoms with Gasteiger partial charge in [-0.3, -0.25) is 4.79 Å². The minimum atomic E-state index is -3.22. The number of carbonyl (C=O) groups excluding carboxylic acids is 1. The Morgan fingerprint density at radius 3 is 2.64 bits per heavy atom. The second kappa shape index (κ2) is 8.78. The molecule has 8 heteroatoms. The summed E-state index contributed by atoms with van der Waals surface area (Å²) in [5.74, 6) is 0.0701. The van der Waals surface area contributed by atoms with Crippen molar-refractivity contribution in [1.29, 1.82) is 0 Å². The van der Waals surface area contributed by atoms with E-state index in [1.165, 1.54) is 6.07 Å². The number of benzene rings is 1. The molecule has 0 atom stereocenters. The van der Waals surface area contributed by atoms with E-state index in [1.54, 1.807) is 26.0 Å². The number of nitrogens with one attached hydrogen (secondary N) is 2. The molecular weight excluding hydrogens is 381 g/mol. The molecule has 6 nitrogen and oxygen atoms in total. The Kier molecular flexibility index (Phi) is 6.60. The molecule has 2 aliphatic rings. The monoisotopic (exact) mass is 411 g/mol. The van der Waals surface area contributed by atoms with Crippen molar-refractivity contribution < 1.29 is 17.6 Å². The van der Waals surface area contributed by atoms with E-state index in [4.69, 9.17) is 0 Å². The van der Waals surface area contributed by atoms with Crippen molar-refractivity contribution in [2.45, 2.75) is 57.2 Å². The molecule has 0 bridgehead atoms. The number of amides is 1. The third-order valence-corrected chi connectivity index (χ3v) is 7.58. The van der Waals surface area contributed by atoms with Crippen LogP contribution in [-0.2, 0) is 21.2 Å². The molecule has 1 heterocycles. The van der Waals surface area contributed by atoms with Crippen LogP contribution in [0.1, 0.15) is 45.1 Å². The molecule has 1 aliphatic carbocycles. The van der Waals surface area contributed by atoms with Crippen LogP contribution in [0.4, 0.5) is 10.1 Å². The van der Waals surface area contributed by atoms with Gasteiger partial charge in [0.05, 0.1) is 11.8 Å². The van der Waals surface area contributed by atoms with Crippen LogP contribution in [0.3, 0.4) is 0 Å². The maximum Gasteiger partial charge on any atom is 0.239 e. The molecule has 1 amide bonds. The fourth-order valence-corrected chi connectivity index (χ4v) is 4.76. The van der Waals surface area contributed by atoms with Crippen LogP contribution in [0.2, 0.25) is 0 Å². The van der Waals surface area contributed by atoms with Gasteiger partial charge in [0.15, 0.2) is 0 Å². The third-order valence-electron chi connectivity index (χ3n) is 5.77. The first-order valence-corrected chi connectivity index (χ1v) is 11.6. The van der Waals surface area contributed by atoms with Crippen LogP contribution >= 0.6 is 0 Å². The molecule has 2 N–H and O–H groups in total. The lowest BCUT2D eigenvalue weighted by molar-refractivity contribution is -0.120. The van der Waals surface area contributed by atoms with Gasteiger partial charge in [0.25, 0.3) is 0 Å². The summed E-state index contributed by atoms with van der Waals surface area (Å²) in [5, 5.41) is 2.68. The Morgan fingerprint density at radius 2 is 1.96 bits per heavy atom. The standard InChI is InChI=1S/C20H30FN3O3S/c1-14(2)28(26,27)22-12-15-3-6-18(7-4-15)23-20(25)13-24-10-9-16-11-17(21)5-8-19(16)24/h5,8,11,14-15,18,22H,3-4,6-7,9-10,12-13H2,1-2H3,(H,23,25). The summed E-state index contributed by atoms with van der Waals surface area (Å²) in [7, 11) is -3.22. The van der Waals surface area contributed by atoms with Crippen molar-refractivity contribution in [2.24, 2.45) is 5.92 Å². The number of anilines is 1. The smallest absolute Gasteiger partial charge is 0.239 e. The Labute approximate surface area is 166 Å². The highest BCUT2D eigenvalue weighted by Gasteiger charge is 2.26. The van der Waals surface area contributed by atoms with Crippen molar-refractivity contribution in [3.8, 4) is 0 Å². The molecule has 0 radical (unpaired) electrons. The molecule has 0 aromatic heterocycles. The van der Waals surface area contributed by atoms with Gasteiger partial charge in [-0.15, -0.1) is 0 Å². The normalized spacial score (nSPS) is 22.4. The van der Waals surface area contributed by atoms with Gasteiger partial charge >= 0.3 is 0 Å². The average Bonchev–Trinajstić information content (AvgIpc) is 3.02. The first kappa shape index (κ1) is 21.0. The van der Waals surface area contributed by atoms with Gasteiger partial charge in [-0.2, -0.15) is 0 Å². The maximum atomic E-state index is 13.3. The van der Waals surface area contributed by atoms with Crippen molar-refractivity contribution >= 4 is 21.6 Å². The van der Waals surface area contributed by atoms with Crippen molar-refractivity contribution in [2.75, 3.05) is 24.5 Å². The van der Waals surface area contributed by atoms with Gasteiger partial charge in [0.2, 0.25) is 15.9 Å². The summed E-state index contributed by atoms with van der Waals surface area (Å²) < 4.78 is 39.7. The van der Waals surface area contributed by atoms with Crippen LogP contribution < -0.4 is 14.9 Å². The lowest BCUT2D eigenvalue weighted by Gasteiger charge is -2.30. The van der Waals surface area contributed by atoms with E-state index in [9.17, 15) is 17.6 Å². The molecule has 0 saturated heterocycles. The first-order valence-electron chi connectivity index (χ1n) is 10.1. The van der Waals surface area contributed by atoms with Crippen molar-refractivity contribution in [3.63, 3.8) is 0 Å². The van der Waals surface area contributed by atoms with Gasteiger partial charge in [-0.25, -0.2) is 17.5 Å². The van der Waals surface area contributed by atoms with E-state index >= 15 is 0 Å². The van der Waals surface area contributed by atoms with E-state index in [1.807, 2.05) is 4.90 Å². The van der Waals surface area contributed by atoms with Crippen molar-refractivity contribution in [3.05, 3.63) is 29.6 Å². The molecule has 3 rings (SSSR count). The summed E-state index contributed by atoms with van der Waals surface area (Å²) >= 11 is 0. The predicted octanol–water partition coefficient (Wildman–Crippen LogP) is 2.19. The van der Waals surface area contributed by atoms with Gasteiger partial charge in [0.1, 0.15) is 5.82 Å². The zero-order valence-electron chi connectivity index (χ0n) is 16.6. The highest BCUT2D eigenvalue weighted by molar-refractivity contribution is 7.90. The first-order chi connectivity index (χ1) is 13.2. The van der Waals surface area contributed by atoms with Crippen molar-refractivity contribution in [1.82, 2.24) is 10.0 Å². The SMILES string of the molecule is CC(C)S(=O)(=O)NCC1CCC(NC(=O)CN2CCc3cc(F)ccc32)CC1. The number of hydrogen-bond donors (Lipinski definition) is 2. The van der Waals surface area contributed by atoms with Crippen LogP contribution in [0.25, 0.3) is 0 Å². The molecule has 1 aromatic rings. The van der Waals surface area contributed by atoms with Crippen LogP contribution in [-0.4, -0.2) is 45.3 Å². The van der Waals surface area contributed by atoms with Crippen LogP contribution in [0, 0.1) is 11.7 Å². The van der Waals surface area contributed by atoms with E-state index in [-0.39, 0.29) is 24.3 Å². The third kappa shape index (κ3) is 5.23. The molecule has 0 spiro atoms. The maximum absolute atomic E-state index is 13.3. The Balaban J connectivity index is 1.41. The molecular formula is C20H30FN3O3S. The van der Waals surface area contributed by atoms with E-state index < -0.39 is 15.3 Å². The van der Waals surface area contributed by atoms with Gasteiger partial charge in [0, 0.05) is 24.8 Å². The number of hydrogen-bond acceptors (Lipinski definition) is 4. The molecule has 28 heavy (non-hydrogen) atoms. The number of halogens is 1. The van der Waals surface area contributed by atoms with Crippen LogP contribution in [0.15, 0.2) is 18.2 Å². The predicted molar refractivity (Wildman–Crippen MR) is 108 cm³/mol. The summed E-state index contributed by atoms with van der Waals surface area (Å²) in [6, 6.07) is 4.86. The molecule has 156 valence electrons. The highest BCUT2D eigenvalue weighted by atomic mass is 32.2. The summed E-state index contributed by atoms with van der Waals surface area (Å²) in [6.07, 6.45) is 4.29. The summed E-state index contributed by atoms with van der Waals surface area (Å²) in [4.78, 5) is 14.4. The van der Waals surface area contributed by atoms with Crippen LogP contribution in [0.5, 0.6) is 0 Å². The minimum absolute atomic E-state index is 0.0128. The highest BCUT2D eigenvalue weighted by Crippen LogP contribution is 2.28. The largest absolute Gasteiger partial charge is 0.362 e. The minimum Gasteiger partial charge on any atom is -0.362 e. The lowest BCUT2D eigenvalue weighted by Crippen LogP contribution is -2.44. The second-order valence-electron chi connectivity index (χ2n) is 8.17. The summed E-state index contributed by atoms with van der Waals surface area (Å²) in [6.45, 7) is 4.83. The molecule has 1 aliphatic heterocycles. The van der Waals surface area contributed by atoms with E-state index in [0.29, 0.717) is 12.5 Å². The molecule has 1 aromatic carbocycles. The summed E-state index contributed by atoms with van der Waals surface area (Å²) in [5.41, 5.74) is 1.90. The Bertz CT molecular complexity index is 805. The number of rotatable bonds is 7. The fraction of sp³-hybridized carbons (Fsp3) is 0.650. The number of carbonyl (C=O) groups is 1. The van der Waals surface area contributed by atoms with Gasteiger partial charge < -0.3 is 10.2 Å². The second-order valence-corrected chi connectivity index (χ2v) is 10.5. The topological polar surface area (TPSA) is 78.5 Å². The van der Waals surface area contributed by atoms with Gasteiger partial charge in [-0.05, 0) is 75.6 Å². The number of fused-ring (bicyclic) bond motifs is 1. The zero-order chi connectivity index (χ0) is 20.3. The van der Waals surface area contributed by atoms with E-state index in [2.05, 4.69) is 10.0 Å².